The summed E-state index contributed by atoms with van der Waals surface area (Å²) in [6.07, 6.45) is 2.99. The van der Waals surface area contributed by atoms with Gasteiger partial charge in [-0.25, -0.2) is 0 Å². The average molecular weight is 257 g/mol. The maximum absolute atomic E-state index is 4.21. The van der Waals surface area contributed by atoms with E-state index in [9.17, 15) is 0 Å². The van der Waals surface area contributed by atoms with E-state index in [1.165, 1.54) is 11.1 Å². The molecule has 0 spiro atoms. The van der Waals surface area contributed by atoms with Gasteiger partial charge in [0, 0.05) is 12.7 Å². The third-order valence-electron chi connectivity index (χ3n) is 3.60. The Morgan fingerprint density at radius 2 is 1.68 bits per heavy atom. The van der Waals surface area contributed by atoms with Crippen LogP contribution in [0.2, 0.25) is 0 Å². The molecule has 1 aromatic heterocycles. The number of rotatable bonds is 5. The van der Waals surface area contributed by atoms with Gasteiger partial charge in [0.1, 0.15) is 0 Å². The molecule has 2 aromatic rings. The lowest BCUT2D eigenvalue weighted by Gasteiger charge is -2.12. The van der Waals surface area contributed by atoms with Crippen molar-refractivity contribution in [3.05, 3.63) is 47.3 Å². The zero-order valence-electron chi connectivity index (χ0n) is 12.3. The fourth-order valence-electron chi connectivity index (χ4n) is 2.23. The zero-order chi connectivity index (χ0) is 13.8. The van der Waals surface area contributed by atoms with E-state index < -0.39 is 0 Å². The molecule has 3 heteroatoms. The number of nitrogens with zero attached hydrogens (tertiary/aromatic N) is 3. The van der Waals surface area contributed by atoms with Crippen LogP contribution in [0.3, 0.4) is 0 Å². The molecule has 1 aromatic carbocycles. The number of hydrogen-bond donors (Lipinski definition) is 0. The Morgan fingerprint density at radius 3 is 2.21 bits per heavy atom. The van der Waals surface area contributed by atoms with Crippen LogP contribution in [0.25, 0.3) is 0 Å². The van der Waals surface area contributed by atoms with E-state index in [2.05, 4.69) is 62.3 Å². The molecule has 0 saturated carbocycles. The van der Waals surface area contributed by atoms with Crippen LogP contribution in [-0.2, 0) is 13.0 Å². The normalized spacial score (nSPS) is 12.9. The van der Waals surface area contributed by atoms with Crippen LogP contribution in [-0.4, -0.2) is 15.0 Å². The van der Waals surface area contributed by atoms with Gasteiger partial charge in [0.25, 0.3) is 0 Å². The highest BCUT2D eigenvalue weighted by atomic mass is 15.4. The lowest BCUT2D eigenvalue weighted by molar-refractivity contribution is 0.626. The first-order valence-corrected chi connectivity index (χ1v) is 7.09. The quantitative estimate of drug-likeness (QED) is 0.816. The first-order valence-electron chi connectivity index (χ1n) is 7.09. The molecule has 0 bridgehead atoms. The number of aryl methyl sites for hydroxylation is 1. The fraction of sp³-hybridized carbons (Fsp3) is 0.500. The highest BCUT2D eigenvalue weighted by Gasteiger charge is 2.10. The molecule has 0 aliphatic heterocycles. The van der Waals surface area contributed by atoms with Gasteiger partial charge in [-0.05, 0) is 36.3 Å². The Balaban J connectivity index is 2.04. The Kier molecular flexibility index (Phi) is 4.35. The molecule has 102 valence electrons. The summed E-state index contributed by atoms with van der Waals surface area (Å²) < 4.78 is 1.88. The van der Waals surface area contributed by atoms with Crippen LogP contribution in [0.15, 0.2) is 30.5 Å². The zero-order valence-corrected chi connectivity index (χ0v) is 12.3. The minimum absolute atomic E-state index is 0.475. The topological polar surface area (TPSA) is 30.7 Å². The highest BCUT2D eigenvalue weighted by molar-refractivity contribution is 5.27. The molecule has 1 heterocycles. The molecule has 0 saturated heterocycles. The maximum atomic E-state index is 4.21. The van der Waals surface area contributed by atoms with Crippen molar-refractivity contribution in [2.75, 3.05) is 0 Å². The van der Waals surface area contributed by atoms with E-state index in [1.54, 1.807) is 0 Å². The third kappa shape index (κ3) is 3.43. The van der Waals surface area contributed by atoms with Gasteiger partial charge in [0.15, 0.2) is 0 Å². The van der Waals surface area contributed by atoms with Gasteiger partial charge in [-0.1, -0.05) is 50.3 Å². The van der Waals surface area contributed by atoms with Gasteiger partial charge in [0.05, 0.1) is 5.69 Å². The van der Waals surface area contributed by atoms with Gasteiger partial charge in [-0.2, -0.15) is 0 Å². The molecule has 0 amide bonds. The Bertz CT molecular complexity index is 511. The lowest BCUT2D eigenvalue weighted by atomic mass is 9.93. The Hall–Kier alpha value is -1.64. The fourth-order valence-corrected chi connectivity index (χ4v) is 2.23. The molecular weight excluding hydrogens is 234 g/mol. The SMILES string of the molecule is CCn1cc(CC(C)c2ccc(C(C)C)cc2)nn1. The summed E-state index contributed by atoms with van der Waals surface area (Å²) in [6, 6.07) is 8.95. The molecule has 0 aliphatic rings. The van der Waals surface area contributed by atoms with Crippen molar-refractivity contribution in [2.45, 2.75) is 52.5 Å². The minimum Gasteiger partial charge on any atom is -0.253 e. The molecule has 0 radical (unpaired) electrons. The van der Waals surface area contributed by atoms with Crippen LogP contribution < -0.4 is 0 Å². The number of hydrogen-bond acceptors (Lipinski definition) is 2. The Morgan fingerprint density at radius 1 is 1.05 bits per heavy atom. The van der Waals surface area contributed by atoms with Gasteiger partial charge < -0.3 is 0 Å². The standard InChI is InChI=1S/C16H23N3/c1-5-19-11-16(17-18-19)10-13(4)15-8-6-14(7-9-15)12(2)3/h6-9,11-13H,5,10H2,1-4H3. The first kappa shape index (κ1) is 13.8. The summed E-state index contributed by atoms with van der Waals surface area (Å²) in [5.74, 6) is 1.07. The second-order valence-electron chi connectivity index (χ2n) is 5.49. The molecule has 3 nitrogen and oxygen atoms in total. The van der Waals surface area contributed by atoms with Crippen LogP contribution in [0.1, 0.15) is 56.4 Å². The van der Waals surface area contributed by atoms with E-state index in [4.69, 9.17) is 0 Å². The monoisotopic (exact) mass is 257 g/mol. The smallest absolute Gasteiger partial charge is 0.0833 e. The van der Waals surface area contributed by atoms with Crippen molar-refractivity contribution < 1.29 is 0 Å². The summed E-state index contributed by atoms with van der Waals surface area (Å²) in [7, 11) is 0. The molecule has 1 atom stereocenters. The van der Waals surface area contributed by atoms with Gasteiger partial charge in [-0.15, -0.1) is 5.10 Å². The second-order valence-corrected chi connectivity index (χ2v) is 5.49. The Labute approximate surface area is 115 Å². The van der Waals surface area contributed by atoms with Crippen molar-refractivity contribution in [1.29, 1.82) is 0 Å². The summed E-state index contributed by atoms with van der Waals surface area (Å²) in [5, 5.41) is 8.30. The largest absolute Gasteiger partial charge is 0.253 e. The molecule has 19 heavy (non-hydrogen) atoms. The number of aromatic nitrogens is 3. The van der Waals surface area contributed by atoms with Crippen molar-refractivity contribution in [3.8, 4) is 0 Å². The third-order valence-corrected chi connectivity index (χ3v) is 3.60. The van der Waals surface area contributed by atoms with Gasteiger partial charge >= 0.3 is 0 Å². The lowest BCUT2D eigenvalue weighted by Crippen LogP contribution is -1.99. The van der Waals surface area contributed by atoms with Crippen molar-refractivity contribution in [1.82, 2.24) is 15.0 Å². The summed E-state index contributed by atoms with van der Waals surface area (Å²) >= 11 is 0. The maximum Gasteiger partial charge on any atom is 0.0833 e. The molecule has 0 fully saturated rings. The van der Waals surface area contributed by atoms with Gasteiger partial charge in [0.2, 0.25) is 0 Å². The molecule has 0 N–H and O–H groups in total. The second kappa shape index (κ2) is 6.00. The van der Waals surface area contributed by atoms with Crippen molar-refractivity contribution in [3.63, 3.8) is 0 Å². The molecule has 2 rings (SSSR count). The van der Waals surface area contributed by atoms with E-state index in [0.29, 0.717) is 11.8 Å². The highest BCUT2D eigenvalue weighted by Crippen LogP contribution is 2.22. The van der Waals surface area contributed by atoms with E-state index in [0.717, 1.165) is 18.7 Å². The van der Waals surface area contributed by atoms with Crippen LogP contribution in [0, 0.1) is 0 Å². The molecule has 0 aliphatic carbocycles. The molecular formula is C16H23N3. The van der Waals surface area contributed by atoms with E-state index >= 15 is 0 Å². The van der Waals surface area contributed by atoms with Crippen LogP contribution in [0.4, 0.5) is 0 Å². The van der Waals surface area contributed by atoms with Crippen LogP contribution >= 0.6 is 0 Å². The average Bonchev–Trinajstić information content (AvgIpc) is 2.86. The van der Waals surface area contributed by atoms with E-state index in [-0.39, 0.29) is 0 Å². The summed E-state index contributed by atoms with van der Waals surface area (Å²) in [4.78, 5) is 0. The summed E-state index contributed by atoms with van der Waals surface area (Å²) in [6.45, 7) is 9.65. The van der Waals surface area contributed by atoms with E-state index in [1.807, 2.05) is 10.9 Å². The minimum atomic E-state index is 0.475. The van der Waals surface area contributed by atoms with Crippen LogP contribution in [0.5, 0.6) is 0 Å². The van der Waals surface area contributed by atoms with Crippen molar-refractivity contribution >= 4 is 0 Å². The van der Waals surface area contributed by atoms with Crippen molar-refractivity contribution in [2.24, 2.45) is 0 Å². The predicted octanol–water partition coefficient (Wildman–Crippen LogP) is 3.77. The first-order chi connectivity index (χ1) is 9.10. The summed E-state index contributed by atoms with van der Waals surface area (Å²) in [5.41, 5.74) is 3.84. The van der Waals surface area contributed by atoms with Gasteiger partial charge in [-0.3, -0.25) is 4.68 Å². The number of benzene rings is 1. The predicted molar refractivity (Wildman–Crippen MR) is 78.3 cm³/mol. The molecule has 1 unspecified atom stereocenters.